The first-order valence-electron chi connectivity index (χ1n) is 9.24. The summed E-state index contributed by atoms with van der Waals surface area (Å²) in [6.45, 7) is 4.39. The van der Waals surface area contributed by atoms with E-state index >= 15 is 0 Å². The summed E-state index contributed by atoms with van der Waals surface area (Å²) in [6.07, 6.45) is 0. The summed E-state index contributed by atoms with van der Waals surface area (Å²) in [6, 6.07) is 4.88. The van der Waals surface area contributed by atoms with E-state index < -0.39 is 41.9 Å². The molecule has 31 heavy (non-hydrogen) atoms. The highest BCUT2D eigenvalue weighted by Gasteiger charge is 2.52. The third-order valence-corrected chi connectivity index (χ3v) is 5.84. The number of β-lactam (4-membered cyclic amide) rings is 1. The van der Waals surface area contributed by atoms with E-state index in [0.29, 0.717) is 11.3 Å². The molecule has 0 bridgehead atoms. The lowest BCUT2D eigenvalue weighted by Gasteiger charge is -2.48. The summed E-state index contributed by atoms with van der Waals surface area (Å²) in [5.74, 6) is -1.55. The van der Waals surface area contributed by atoms with E-state index in [4.69, 9.17) is 19.9 Å². The Bertz CT molecular complexity index is 904. The highest BCUT2D eigenvalue weighted by Crippen LogP contribution is 2.40. The molecule has 3 rings (SSSR count). The van der Waals surface area contributed by atoms with E-state index in [1.807, 2.05) is 0 Å². The maximum absolute atomic E-state index is 13.4. The zero-order chi connectivity index (χ0) is 22.1. The van der Waals surface area contributed by atoms with Gasteiger partial charge < -0.3 is 19.9 Å². The third-order valence-electron chi connectivity index (χ3n) is 4.48. The number of esters is 2. The Labute approximate surface area is 189 Å². The quantitative estimate of drug-likeness (QED) is 0.380. The van der Waals surface area contributed by atoms with Crippen LogP contribution < -0.4 is 10.5 Å². The van der Waals surface area contributed by atoms with Crippen LogP contribution in [-0.2, 0) is 23.9 Å². The Morgan fingerprint density at radius 3 is 2.65 bits per heavy atom. The number of amides is 1. The molecule has 1 saturated heterocycles. The molecule has 1 aromatic carbocycles. The van der Waals surface area contributed by atoms with Crippen molar-refractivity contribution in [2.75, 3.05) is 19.2 Å². The van der Waals surface area contributed by atoms with Crippen molar-refractivity contribution >= 4 is 42.0 Å². The molecule has 0 spiro atoms. The van der Waals surface area contributed by atoms with E-state index in [2.05, 4.69) is 0 Å². The Kier molecular flexibility index (Phi) is 7.96. The molecular formula is C20H24ClFN2O6S. The molecule has 1 amide bonds. The predicted molar refractivity (Wildman–Crippen MR) is 114 cm³/mol. The van der Waals surface area contributed by atoms with Gasteiger partial charge in [-0.05, 0) is 32.9 Å². The smallest absolute Gasteiger partial charge is 0.358 e. The number of nitrogens with two attached hydrogens (primary N) is 1. The zero-order valence-electron chi connectivity index (χ0n) is 17.3. The molecule has 8 nitrogen and oxygen atoms in total. The fraction of sp³-hybridized carbons (Fsp3) is 0.450. The molecule has 170 valence electrons. The minimum absolute atomic E-state index is 0. The zero-order valence-corrected chi connectivity index (χ0v) is 18.9. The van der Waals surface area contributed by atoms with Gasteiger partial charge in [0.2, 0.25) is 12.7 Å². The van der Waals surface area contributed by atoms with Crippen molar-refractivity contribution in [3.05, 3.63) is 41.4 Å². The molecule has 1 aromatic rings. The largest absolute Gasteiger partial charge is 0.489 e. The molecule has 1 fully saturated rings. The molecule has 1 unspecified atom stereocenters. The van der Waals surface area contributed by atoms with Gasteiger partial charge in [-0.2, -0.15) is 0 Å². The minimum atomic E-state index is -0.819. The first kappa shape index (κ1) is 25.0. The van der Waals surface area contributed by atoms with Crippen LogP contribution in [0.4, 0.5) is 4.39 Å². The van der Waals surface area contributed by atoms with Crippen LogP contribution in [0.1, 0.15) is 20.8 Å². The van der Waals surface area contributed by atoms with E-state index in [9.17, 15) is 18.8 Å². The van der Waals surface area contributed by atoms with Gasteiger partial charge in [-0.1, -0.05) is 6.07 Å². The Morgan fingerprint density at radius 2 is 2.00 bits per heavy atom. The molecule has 2 aliphatic rings. The Hall–Kier alpha value is -2.30. The number of carbonyl (C=O) groups is 3. The van der Waals surface area contributed by atoms with Gasteiger partial charge in [-0.15, -0.1) is 24.2 Å². The average molecular weight is 475 g/mol. The number of thioether (sulfide) groups is 1. The normalized spacial score (nSPS) is 20.3. The predicted octanol–water partition coefficient (Wildman–Crippen LogP) is 2.21. The number of ether oxygens (including phenoxy) is 3. The summed E-state index contributed by atoms with van der Waals surface area (Å²) < 4.78 is 29.0. The van der Waals surface area contributed by atoms with Crippen molar-refractivity contribution in [3.8, 4) is 5.75 Å². The number of hydrogen-bond acceptors (Lipinski definition) is 8. The van der Waals surface area contributed by atoms with Crippen molar-refractivity contribution in [3.63, 3.8) is 0 Å². The Balaban J connectivity index is 0.00000341. The van der Waals surface area contributed by atoms with Gasteiger partial charge in [0.15, 0.2) is 0 Å². The van der Waals surface area contributed by atoms with Crippen molar-refractivity contribution in [2.24, 2.45) is 11.1 Å². The van der Waals surface area contributed by atoms with E-state index in [-0.39, 0.29) is 35.8 Å². The van der Waals surface area contributed by atoms with Crippen LogP contribution in [0.2, 0.25) is 0 Å². The summed E-state index contributed by atoms with van der Waals surface area (Å²) >= 11 is 1.40. The number of halogens is 2. The summed E-state index contributed by atoms with van der Waals surface area (Å²) in [7, 11) is 0. The van der Waals surface area contributed by atoms with Gasteiger partial charge in [-0.25, -0.2) is 9.18 Å². The van der Waals surface area contributed by atoms with Crippen LogP contribution in [-0.4, -0.2) is 53.3 Å². The second kappa shape index (κ2) is 9.88. The average Bonchev–Trinajstić information content (AvgIpc) is 2.70. The lowest BCUT2D eigenvalue weighted by molar-refractivity contribution is -0.173. The van der Waals surface area contributed by atoms with E-state index in [1.54, 1.807) is 26.8 Å². The highest BCUT2D eigenvalue weighted by molar-refractivity contribution is 8.00. The van der Waals surface area contributed by atoms with Gasteiger partial charge in [0.05, 0.1) is 5.41 Å². The van der Waals surface area contributed by atoms with Crippen LogP contribution in [0.25, 0.3) is 0 Å². The molecule has 0 radical (unpaired) electrons. The maximum Gasteiger partial charge on any atom is 0.358 e. The van der Waals surface area contributed by atoms with Crippen molar-refractivity contribution in [1.29, 1.82) is 0 Å². The summed E-state index contributed by atoms with van der Waals surface area (Å²) in [4.78, 5) is 38.1. The fourth-order valence-corrected chi connectivity index (χ4v) is 4.10. The van der Waals surface area contributed by atoms with E-state index in [0.717, 1.165) is 0 Å². The second-order valence-electron chi connectivity index (χ2n) is 7.87. The second-order valence-corrected chi connectivity index (χ2v) is 8.97. The van der Waals surface area contributed by atoms with Gasteiger partial charge in [-0.3, -0.25) is 14.5 Å². The lowest BCUT2D eigenvalue weighted by atomic mass is 9.98. The molecule has 2 N–H and O–H groups in total. The third kappa shape index (κ3) is 5.50. The monoisotopic (exact) mass is 474 g/mol. The van der Waals surface area contributed by atoms with Crippen LogP contribution >= 0.6 is 24.2 Å². The summed E-state index contributed by atoms with van der Waals surface area (Å²) in [5.41, 5.74) is 5.59. The highest BCUT2D eigenvalue weighted by atomic mass is 35.5. The standard InChI is InChI=1S/C20H23FN2O6S.ClH/c1-20(2,3)19(26)29-10-28-18(25)15-11(8-27-13-6-4-5-12(21)7-13)9-30-17-14(22)16(24)23(15)17;/h4-7,14,17H,8-10,22H2,1-3H3;1H/t14?,17-;/m1./s1. The number of rotatable bonds is 6. The molecule has 11 heteroatoms. The van der Waals surface area contributed by atoms with Crippen molar-refractivity contribution < 1.29 is 33.0 Å². The fourth-order valence-electron chi connectivity index (χ4n) is 2.83. The SMILES string of the molecule is CC(C)(C)C(=O)OCOC(=O)C1=C(COc2cccc(F)c2)CS[C@@H]2C(N)C(=O)N12.Cl. The number of benzene rings is 1. The molecule has 0 aromatic heterocycles. The van der Waals surface area contributed by atoms with Gasteiger partial charge in [0.25, 0.3) is 0 Å². The molecule has 0 aliphatic carbocycles. The van der Waals surface area contributed by atoms with Gasteiger partial charge >= 0.3 is 11.9 Å². The maximum atomic E-state index is 13.4. The minimum Gasteiger partial charge on any atom is -0.489 e. The number of nitrogens with zero attached hydrogens (tertiary/aromatic N) is 1. The van der Waals surface area contributed by atoms with Crippen LogP contribution in [0, 0.1) is 11.2 Å². The van der Waals surface area contributed by atoms with Gasteiger partial charge in [0.1, 0.15) is 35.3 Å². The summed E-state index contributed by atoms with van der Waals surface area (Å²) in [5, 5.41) is -0.380. The van der Waals surface area contributed by atoms with E-state index in [1.165, 1.54) is 34.9 Å². The molecule has 2 atom stereocenters. The number of hydrogen-bond donors (Lipinski definition) is 1. The van der Waals surface area contributed by atoms with Gasteiger partial charge in [0, 0.05) is 17.4 Å². The number of carbonyl (C=O) groups excluding carboxylic acids is 3. The molecule has 0 saturated carbocycles. The lowest BCUT2D eigenvalue weighted by Crippen LogP contribution is -2.68. The van der Waals surface area contributed by atoms with Crippen molar-refractivity contribution in [1.82, 2.24) is 4.90 Å². The molecule has 2 heterocycles. The number of fused-ring (bicyclic) bond motifs is 1. The molecule has 2 aliphatic heterocycles. The first-order valence-corrected chi connectivity index (χ1v) is 10.3. The van der Waals surface area contributed by atoms with Crippen LogP contribution in [0.5, 0.6) is 5.75 Å². The Morgan fingerprint density at radius 1 is 1.29 bits per heavy atom. The van der Waals surface area contributed by atoms with Crippen LogP contribution in [0.3, 0.4) is 0 Å². The first-order chi connectivity index (χ1) is 14.1. The van der Waals surface area contributed by atoms with Crippen molar-refractivity contribution in [2.45, 2.75) is 32.2 Å². The molecular weight excluding hydrogens is 451 g/mol. The topological polar surface area (TPSA) is 108 Å². The van der Waals surface area contributed by atoms with Crippen LogP contribution in [0.15, 0.2) is 35.5 Å².